The molecular weight excluding hydrogens is 470 g/mol. The summed E-state index contributed by atoms with van der Waals surface area (Å²) in [4.78, 5) is 14.6. The molecule has 7 nitrogen and oxygen atoms in total. The summed E-state index contributed by atoms with van der Waals surface area (Å²) in [5.74, 6) is 0. The molecule has 184 valence electrons. The number of hydrogen-bond donors (Lipinski definition) is 0. The van der Waals surface area contributed by atoms with Gasteiger partial charge >= 0.3 is 0 Å². The Hall–Kier alpha value is -3.36. The Balaban J connectivity index is 1.38. The van der Waals surface area contributed by atoms with Crippen LogP contribution >= 0.6 is 0 Å². The highest BCUT2D eigenvalue weighted by molar-refractivity contribution is 7.89. The molecule has 2 aromatic carbocycles. The molecule has 0 spiro atoms. The van der Waals surface area contributed by atoms with E-state index in [1.807, 2.05) is 12.4 Å². The lowest BCUT2D eigenvalue weighted by molar-refractivity contribution is 0.408. The maximum Gasteiger partial charge on any atom is 0.243 e. The molecule has 1 aliphatic heterocycles. The van der Waals surface area contributed by atoms with E-state index in [1.165, 1.54) is 0 Å². The lowest BCUT2D eigenvalue weighted by Crippen LogP contribution is -2.27. The molecule has 6 rings (SSSR count). The number of benzene rings is 2. The molecule has 0 radical (unpaired) electrons. The summed E-state index contributed by atoms with van der Waals surface area (Å²) >= 11 is 0. The van der Waals surface area contributed by atoms with Gasteiger partial charge in [0.25, 0.3) is 0 Å². The summed E-state index contributed by atoms with van der Waals surface area (Å²) in [6.45, 7) is 7.66. The largest absolute Gasteiger partial charge is 0.325 e. The van der Waals surface area contributed by atoms with Crippen LogP contribution in [-0.4, -0.2) is 45.3 Å². The molecule has 0 unspecified atom stereocenters. The Kier molecular flexibility index (Phi) is 5.35. The van der Waals surface area contributed by atoms with Crippen molar-refractivity contribution in [1.82, 2.24) is 23.8 Å². The predicted molar refractivity (Wildman–Crippen MR) is 141 cm³/mol. The van der Waals surface area contributed by atoms with Gasteiger partial charge in [-0.15, -0.1) is 0 Å². The van der Waals surface area contributed by atoms with Gasteiger partial charge in [0, 0.05) is 36.2 Å². The second-order valence-corrected chi connectivity index (χ2v) is 12.4. The lowest BCUT2D eigenvalue weighted by atomic mass is 10.0. The van der Waals surface area contributed by atoms with Crippen molar-refractivity contribution in [3.63, 3.8) is 0 Å². The fourth-order valence-electron chi connectivity index (χ4n) is 5.07. The molecule has 0 atom stereocenters. The third-order valence-electron chi connectivity index (χ3n) is 7.02. The molecule has 0 bridgehead atoms. The summed E-state index contributed by atoms with van der Waals surface area (Å²) in [6.07, 6.45) is 8.35. The summed E-state index contributed by atoms with van der Waals surface area (Å²) < 4.78 is 30.0. The van der Waals surface area contributed by atoms with Crippen molar-refractivity contribution in [1.29, 1.82) is 0 Å². The molecule has 0 saturated carbocycles. The minimum atomic E-state index is -3.50. The van der Waals surface area contributed by atoms with Crippen molar-refractivity contribution in [2.24, 2.45) is 0 Å². The normalized spacial score (nSPS) is 16.5. The van der Waals surface area contributed by atoms with E-state index in [0.717, 1.165) is 58.4 Å². The number of rotatable bonds is 4. The van der Waals surface area contributed by atoms with Crippen LogP contribution in [0.15, 0.2) is 66.0 Å². The van der Waals surface area contributed by atoms with Gasteiger partial charge in [-0.1, -0.05) is 24.3 Å². The van der Waals surface area contributed by atoms with Gasteiger partial charge in [-0.2, -0.15) is 4.31 Å². The van der Waals surface area contributed by atoms with E-state index < -0.39 is 10.0 Å². The van der Waals surface area contributed by atoms with Gasteiger partial charge < -0.3 is 4.57 Å². The summed E-state index contributed by atoms with van der Waals surface area (Å²) in [5.41, 5.74) is 7.27. The first kappa shape index (κ1) is 23.1. The number of aromatic nitrogens is 4. The third-order valence-corrected chi connectivity index (χ3v) is 8.91. The maximum atomic E-state index is 13.1. The highest BCUT2D eigenvalue weighted by Crippen LogP contribution is 2.34. The molecule has 3 heterocycles. The maximum absolute atomic E-state index is 13.1. The fraction of sp³-hybridized carbons (Fsp3) is 0.321. The van der Waals surface area contributed by atoms with Crippen LogP contribution in [-0.2, 0) is 22.0 Å². The number of allylic oxidation sites excluding steroid dienone is 1. The predicted octanol–water partition coefficient (Wildman–Crippen LogP) is 5.02. The Bertz CT molecular complexity index is 1620. The smallest absolute Gasteiger partial charge is 0.243 e. The van der Waals surface area contributed by atoms with E-state index in [4.69, 9.17) is 9.97 Å². The number of sulfonamides is 1. The van der Waals surface area contributed by atoms with Crippen molar-refractivity contribution in [3.8, 4) is 11.3 Å². The topological polar surface area (TPSA) is 81.0 Å². The molecule has 4 aromatic rings. The first-order valence-electron chi connectivity index (χ1n) is 12.4. The van der Waals surface area contributed by atoms with E-state index in [9.17, 15) is 8.42 Å². The van der Waals surface area contributed by atoms with Crippen molar-refractivity contribution in [2.45, 2.75) is 50.5 Å². The molecule has 8 heteroatoms. The molecule has 1 saturated heterocycles. The zero-order valence-corrected chi connectivity index (χ0v) is 21.6. The minimum absolute atomic E-state index is 0.0806. The third kappa shape index (κ3) is 3.85. The van der Waals surface area contributed by atoms with E-state index in [-0.39, 0.29) is 5.54 Å². The standard InChI is InChI=1S/C28H29N5O2S/c1-28(2,3)33-18-30-23-11-9-19(16-26(23)33)22-10-12-24-27(22)31-25(17-29-24)20-7-6-8-21(15-20)36(34,35)32-13-4-5-14-32/h6-11,15-18H,4-5,12-14H2,1-3H3. The average molecular weight is 500 g/mol. The van der Waals surface area contributed by atoms with Crippen LogP contribution in [0.5, 0.6) is 0 Å². The number of nitrogens with zero attached hydrogens (tertiary/aromatic N) is 5. The molecule has 1 fully saturated rings. The first-order valence-corrected chi connectivity index (χ1v) is 13.8. The Labute approximate surface area is 211 Å². The van der Waals surface area contributed by atoms with Gasteiger partial charge in [-0.05, 0) is 63.4 Å². The van der Waals surface area contributed by atoms with Crippen LogP contribution in [0, 0.1) is 0 Å². The van der Waals surface area contributed by atoms with Crippen molar-refractivity contribution in [2.75, 3.05) is 13.1 Å². The fourth-order valence-corrected chi connectivity index (χ4v) is 6.63. The van der Waals surface area contributed by atoms with E-state index >= 15 is 0 Å². The minimum Gasteiger partial charge on any atom is -0.325 e. The van der Waals surface area contributed by atoms with Gasteiger partial charge in [-0.3, -0.25) is 4.98 Å². The van der Waals surface area contributed by atoms with Crippen LogP contribution in [0.3, 0.4) is 0 Å². The van der Waals surface area contributed by atoms with Gasteiger partial charge in [0.05, 0.1) is 45.5 Å². The van der Waals surface area contributed by atoms with Crippen molar-refractivity contribution < 1.29 is 8.42 Å². The second kappa shape index (κ2) is 8.35. The van der Waals surface area contributed by atoms with E-state index in [1.54, 1.807) is 28.7 Å². The van der Waals surface area contributed by atoms with Crippen LogP contribution in [0.2, 0.25) is 0 Å². The zero-order chi connectivity index (χ0) is 25.1. The molecule has 2 aliphatic rings. The monoisotopic (exact) mass is 499 g/mol. The first-order chi connectivity index (χ1) is 17.2. The van der Waals surface area contributed by atoms with Crippen LogP contribution < -0.4 is 0 Å². The van der Waals surface area contributed by atoms with E-state index in [2.05, 4.69) is 54.6 Å². The SMILES string of the molecule is CC(C)(C)n1cnc2ccc(C3=CCc4ncc(-c5cccc(S(=O)(=O)N6CCCC6)c5)nc43)cc21. The zero-order valence-electron chi connectivity index (χ0n) is 20.8. The number of imidazole rings is 1. The Morgan fingerprint density at radius 1 is 0.944 bits per heavy atom. The lowest BCUT2D eigenvalue weighted by Gasteiger charge is -2.22. The Morgan fingerprint density at radius 2 is 1.75 bits per heavy atom. The highest BCUT2D eigenvalue weighted by Gasteiger charge is 2.28. The molecule has 0 N–H and O–H groups in total. The van der Waals surface area contributed by atoms with Crippen LogP contribution in [0.4, 0.5) is 0 Å². The van der Waals surface area contributed by atoms with E-state index in [0.29, 0.717) is 23.7 Å². The van der Waals surface area contributed by atoms with Crippen LogP contribution in [0.1, 0.15) is 50.6 Å². The van der Waals surface area contributed by atoms with Gasteiger partial charge in [0.2, 0.25) is 10.0 Å². The van der Waals surface area contributed by atoms with Crippen LogP contribution in [0.25, 0.3) is 27.9 Å². The number of fused-ring (bicyclic) bond motifs is 2. The second-order valence-electron chi connectivity index (χ2n) is 10.5. The van der Waals surface area contributed by atoms with Gasteiger partial charge in [-0.25, -0.2) is 18.4 Å². The molecule has 36 heavy (non-hydrogen) atoms. The van der Waals surface area contributed by atoms with Crippen molar-refractivity contribution >= 4 is 26.6 Å². The van der Waals surface area contributed by atoms with Gasteiger partial charge in [0.1, 0.15) is 0 Å². The van der Waals surface area contributed by atoms with Crippen molar-refractivity contribution in [3.05, 3.63) is 78.0 Å². The molecule has 2 aromatic heterocycles. The quantitative estimate of drug-likeness (QED) is 0.394. The number of hydrogen-bond acceptors (Lipinski definition) is 5. The molecule has 1 aliphatic carbocycles. The summed E-state index contributed by atoms with van der Waals surface area (Å²) in [6, 6.07) is 13.4. The average Bonchev–Trinajstić information content (AvgIpc) is 3.62. The molecular formula is C28H29N5O2S. The highest BCUT2D eigenvalue weighted by atomic mass is 32.2. The van der Waals surface area contributed by atoms with Gasteiger partial charge in [0.15, 0.2) is 0 Å². The summed E-state index contributed by atoms with van der Waals surface area (Å²) in [7, 11) is -3.50. The summed E-state index contributed by atoms with van der Waals surface area (Å²) in [5, 5.41) is 0. The Morgan fingerprint density at radius 3 is 2.53 bits per heavy atom. The molecule has 0 amide bonds.